The van der Waals surface area contributed by atoms with Crippen LogP contribution in [0.1, 0.15) is 25.3 Å². The molecule has 0 saturated carbocycles. The van der Waals surface area contributed by atoms with E-state index in [0.717, 1.165) is 5.56 Å². The fourth-order valence-corrected chi connectivity index (χ4v) is 1.81. The highest BCUT2D eigenvalue weighted by molar-refractivity contribution is 6.01. The molecule has 0 radical (unpaired) electrons. The number of rotatable bonds is 4. The monoisotopic (exact) mass is 250 g/mol. The Labute approximate surface area is 104 Å². The summed E-state index contributed by atoms with van der Waals surface area (Å²) in [7, 11) is 0. The van der Waals surface area contributed by atoms with Gasteiger partial charge in [-0.3, -0.25) is 10.1 Å². The molecule has 0 spiro atoms. The summed E-state index contributed by atoms with van der Waals surface area (Å²) in [6, 6.07) is 6.14. The van der Waals surface area contributed by atoms with Gasteiger partial charge in [-0.05, 0) is 24.1 Å². The van der Waals surface area contributed by atoms with Gasteiger partial charge in [0.2, 0.25) is 0 Å². The first-order valence-corrected chi connectivity index (χ1v) is 5.77. The zero-order valence-electron chi connectivity index (χ0n) is 9.94. The third-order valence-corrected chi connectivity index (χ3v) is 2.95. The summed E-state index contributed by atoms with van der Waals surface area (Å²) in [5.74, 6) is 0. The standard InChI is InChI=1S/C12H14N2O4/c1-2-11(15)12-7-10(13-18-12)8-3-5-9(6-4-8)14(16)17/h3-6,11-12,15H,2,7H2,1H3/t11-,12+/m0/s1. The van der Waals surface area contributed by atoms with Crippen LogP contribution in [0.25, 0.3) is 0 Å². The number of non-ortho nitro benzene ring substituents is 1. The second kappa shape index (κ2) is 5.14. The molecule has 0 aromatic heterocycles. The number of aliphatic hydroxyl groups excluding tert-OH is 1. The lowest BCUT2D eigenvalue weighted by atomic mass is 10.0. The molecule has 0 fully saturated rings. The molecule has 0 saturated heterocycles. The molecule has 18 heavy (non-hydrogen) atoms. The van der Waals surface area contributed by atoms with E-state index in [2.05, 4.69) is 5.16 Å². The van der Waals surface area contributed by atoms with Crippen LogP contribution in [0, 0.1) is 10.1 Å². The minimum atomic E-state index is -0.538. The minimum Gasteiger partial charge on any atom is -0.389 e. The third kappa shape index (κ3) is 2.48. The Kier molecular flexibility index (Phi) is 3.57. The molecule has 96 valence electrons. The van der Waals surface area contributed by atoms with Gasteiger partial charge in [0.25, 0.3) is 5.69 Å². The van der Waals surface area contributed by atoms with Crippen molar-refractivity contribution in [2.75, 3.05) is 0 Å². The van der Waals surface area contributed by atoms with Crippen molar-refractivity contribution < 1.29 is 14.9 Å². The maximum atomic E-state index is 10.5. The number of hydrogen-bond acceptors (Lipinski definition) is 5. The maximum absolute atomic E-state index is 10.5. The van der Waals surface area contributed by atoms with Crippen LogP contribution in [0.3, 0.4) is 0 Å². The Balaban J connectivity index is 2.07. The van der Waals surface area contributed by atoms with Crippen molar-refractivity contribution in [2.24, 2.45) is 5.16 Å². The number of nitro benzene ring substituents is 1. The molecule has 6 heteroatoms. The van der Waals surface area contributed by atoms with E-state index in [-0.39, 0.29) is 11.8 Å². The highest BCUT2D eigenvalue weighted by atomic mass is 16.7. The van der Waals surface area contributed by atoms with Crippen LogP contribution in [-0.4, -0.2) is 27.9 Å². The first-order chi connectivity index (χ1) is 8.61. The highest BCUT2D eigenvalue weighted by Crippen LogP contribution is 2.21. The smallest absolute Gasteiger partial charge is 0.269 e. The van der Waals surface area contributed by atoms with E-state index in [1.807, 2.05) is 6.92 Å². The van der Waals surface area contributed by atoms with Crippen LogP contribution < -0.4 is 0 Å². The van der Waals surface area contributed by atoms with Gasteiger partial charge in [0.1, 0.15) is 0 Å². The Morgan fingerprint density at radius 1 is 1.56 bits per heavy atom. The van der Waals surface area contributed by atoms with E-state index in [0.29, 0.717) is 18.6 Å². The summed E-state index contributed by atoms with van der Waals surface area (Å²) in [4.78, 5) is 15.2. The average molecular weight is 250 g/mol. The molecular formula is C12H14N2O4. The van der Waals surface area contributed by atoms with Gasteiger partial charge in [-0.25, -0.2) is 0 Å². The quantitative estimate of drug-likeness (QED) is 0.652. The molecule has 0 unspecified atom stereocenters. The van der Waals surface area contributed by atoms with Crippen LogP contribution in [0.2, 0.25) is 0 Å². The largest absolute Gasteiger partial charge is 0.389 e. The van der Waals surface area contributed by atoms with E-state index in [4.69, 9.17) is 4.84 Å². The molecule has 1 aromatic carbocycles. The molecule has 6 nitrogen and oxygen atoms in total. The average Bonchev–Trinajstić information content (AvgIpc) is 2.87. The lowest BCUT2D eigenvalue weighted by molar-refractivity contribution is -0.384. The molecule has 0 aliphatic carbocycles. The summed E-state index contributed by atoms with van der Waals surface area (Å²) in [6.07, 6.45) is 0.269. The number of aliphatic hydroxyl groups is 1. The maximum Gasteiger partial charge on any atom is 0.269 e. The van der Waals surface area contributed by atoms with E-state index in [1.54, 1.807) is 12.1 Å². The van der Waals surface area contributed by atoms with Gasteiger partial charge in [-0.1, -0.05) is 12.1 Å². The molecular weight excluding hydrogens is 236 g/mol. The zero-order valence-corrected chi connectivity index (χ0v) is 9.94. The first kappa shape index (κ1) is 12.5. The molecule has 2 atom stereocenters. The molecule has 1 aliphatic rings. The molecule has 0 amide bonds. The molecule has 1 aromatic rings. The SMILES string of the molecule is CC[C@H](O)[C@H]1CC(c2ccc([N+](=O)[O-])cc2)=NO1. The van der Waals surface area contributed by atoms with Crippen LogP contribution in [0.5, 0.6) is 0 Å². The predicted molar refractivity (Wildman–Crippen MR) is 65.4 cm³/mol. The topological polar surface area (TPSA) is 85.0 Å². The van der Waals surface area contributed by atoms with Crippen LogP contribution in [0.15, 0.2) is 29.4 Å². The summed E-state index contributed by atoms with van der Waals surface area (Å²) in [5, 5.41) is 24.1. The Bertz CT molecular complexity index is 469. The van der Waals surface area contributed by atoms with Crippen LogP contribution in [0.4, 0.5) is 5.69 Å². The molecule has 0 bridgehead atoms. The van der Waals surface area contributed by atoms with Gasteiger partial charge < -0.3 is 9.94 Å². The fourth-order valence-electron chi connectivity index (χ4n) is 1.81. The lowest BCUT2D eigenvalue weighted by Crippen LogP contribution is -2.25. The number of nitro groups is 1. The Morgan fingerprint density at radius 2 is 2.22 bits per heavy atom. The molecule has 2 rings (SSSR count). The van der Waals surface area contributed by atoms with Gasteiger partial charge in [-0.15, -0.1) is 0 Å². The summed E-state index contributed by atoms with van der Waals surface area (Å²) >= 11 is 0. The number of nitrogens with zero attached hydrogens (tertiary/aromatic N) is 2. The molecule has 1 N–H and O–H groups in total. The van der Waals surface area contributed by atoms with E-state index < -0.39 is 11.0 Å². The summed E-state index contributed by atoms with van der Waals surface area (Å²) in [5.41, 5.74) is 1.54. The minimum absolute atomic E-state index is 0.0448. The van der Waals surface area contributed by atoms with Crippen molar-refractivity contribution in [3.8, 4) is 0 Å². The van der Waals surface area contributed by atoms with Crippen molar-refractivity contribution in [1.29, 1.82) is 0 Å². The normalized spacial score (nSPS) is 20.1. The lowest BCUT2D eigenvalue weighted by Gasteiger charge is -2.13. The number of hydrogen-bond donors (Lipinski definition) is 1. The second-order valence-corrected chi connectivity index (χ2v) is 4.17. The van der Waals surface area contributed by atoms with Crippen molar-refractivity contribution in [1.82, 2.24) is 0 Å². The van der Waals surface area contributed by atoms with Gasteiger partial charge >= 0.3 is 0 Å². The predicted octanol–water partition coefficient (Wildman–Crippen LogP) is 1.86. The summed E-state index contributed by atoms with van der Waals surface area (Å²) < 4.78 is 0. The second-order valence-electron chi connectivity index (χ2n) is 4.17. The fraction of sp³-hybridized carbons (Fsp3) is 0.417. The molecule has 1 heterocycles. The number of benzene rings is 1. The van der Waals surface area contributed by atoms with Crippen molar-refractivity contribution in [3.05, 3.63) is 39.9 Å². The van der Waals surface area contributed by atoms with Crippen molar-refractivity contribution >= 4 is 11.4 Å². The van der Waals surface area contributed by atoms with E-state index >= 15 is 0 Å². The number of oxime groups is 1. The van der Waals surface area contributed by atoms with E-state index in [9.17, 15) is 15.2 Å². The van der Waals surface area contributed by atoms with E-state index in [1.165, 1.54) is 12.1 Å². The van der Waals surface area contributed by atoms with Gasteiger partial charge in [-0.2, -0.15) is 0 Å². The van der Waals surface area contributed by atoms with Crippen LogP contribution in [-0.2, 0) is 4.84 Å². The Morgan fingerprint density at radius 3 is 2.78 bits per heavy atom. The van der Waals surface area contributed by atoms with Gasteiger partial charge in [0.05, 0.1) is 16.7 Å². The van der Waals surface area contributed by atoms with Crippen molar-refractivity contribution in [2.45, 2.75) is 32.0 Å². The summed E-state index contributed by atoms with van der Waals surface area (Å²) in [6.45, 7) is 1.87. The third-order valence-electron chi connectivity index (χ3n) is 2.95. The van der Waals surface area contributed by atoms with Gasteiger partial charge in [0.15, 0.2) is 6.10 Å². The Hall–Kier alpha value is -1.95. The zero-order chi connectivity index (χ0) is 13.1. The molecule has 1 aliphatic heterocycles. The van der Waals surface area contributed by atoms with Crippen LogP contribution >= 0.6 is 0 Å². The van der Waals surface area contributed by atoms with Gasteiger partial charge in [0, 0.05) is 18.6 Å². The highest BCUT2D eigenvalue weighted by Gasteiger charge is 2.27. The van der Waals surface area contributed by atoms with Crippen molar-refractivity contribution in [3.63, 3.8) is 0 Å². The first-order valence-electron chi connectivity index (χ1n) is 5.77.